The van der Waals surface area contributed by atoms with Gasteiger partial charge in [-0.05, 0) is 42.9 Å². The number of carbonyl (C=O) groups is 2. The molecule has 162 valence electrons. The van der Waals surface area contributed by atoms with Gasteiger partial charge in [0.25, 0.3) is 5.91 Å². The number of alkyl halides is 3. The molecule has 1 fully saturated rings. The summed E-state index contributed by atoms with van der Waals surface area (Å²) in [5.74, 6) is 0.897. The van der Waals surface area contributed by atoms with Crippen molar-refractivity contribution in [3.8, 4) is 0 Å². The van der Waals surface area contributed by atoms with Crippen LogP contribution in [-0.4, -0.2) is 54.5 Å². The monoisotopic (exact) mass is 423 g/mol. The molecular weight excluding hydrogens is 399 g/mol. The number of nitrogens with zero attached hydrogens (tertiary/aromatic N) is 2. The molecule has 1 aromatic carbocycles. The Bertz CT molecular complexity index is 843. The Balaban J connectivity index is 1.28. The first-order chi connectivity index (χ1) is 14.3. The Hall–Kier alpha value is -2.71. The maximum atomic E-state index is 12.9. The number of likely N-dealkylation sites (tertiary alicyclic amines) is 1. The maximum Gasteiger partial charge on any atom is 0.416 e. The second kappa shape index (κ2) is 8.20. The molecule has 1 saturated heterocycles. The zero-order chi connectivity index (χ0) is 21.3. The van der Waals surface area contributed by atoms with Gasteiger partial charge < -0.3 is 19.9 Å². The van der Waals surface area contributed by atoms with E-state index in [1.165, 1.54) is 0 Å². The summed E-state index contributed by atoms with van der Waals surface area (Å²) in [6, 6.07) is 5.29. The van der Waals surface area contributed by atoms with E-state index in [0.29, 0.717) is 50.6 Å². The third-order valence-corrected chi connectivity index (χ3v) is 5.92. The van der Waals surface area contributed by atoms with Gasteiger partial charge in [0.2, 0.25) is 0 Å². The zero-order valence-electron chi connectivity index (χ0n) is 16.5. The van der Waals surface area contributed by atoms with Crippen molar-refractivity contribution >= 4 is 11.9 Å². The lowest BCUT2D eigenvalue weighted by Gasteiger charge is -2.38. The van der Waals surface area contributed by atoms with E-state index in [2.05, 4.69) is 5.32 Å². The smallest absolute Gasteiger partial charge is 0.416 e. The number of hydrogen-bond donors (Lipinski definition) is 1. The van der Waals surface area contributed by atoms with Gasteiger partial charge in [0, 0.05) is 26.1 Å². The van der Waals surface area contributed by atoms with Gasteiger partial charge in [0.15, 0.2) is 6.61 Å². The summed E-state index contributed by atoms with van der Waals surface area (Å²) in [7, 11) is 0. The fourth-order valence-electron chi connectivity index (χ4n) is 4.23. The van der Waals surface area contributed by atoms with Crippen molar-refractivity contribution in [2.75, 3.05) is 32.8 Å². The Kier molecular flexibility index (Phi) is 5.62. The molecule has 9 heteroatoms. The van der Waals surface area contributed by atoms with Crippen LogP contribution in [0.1, 0.15) is 30.4 Å². The first-order valence-electron chi connectivity index (χ1n) is 10.1. The molecular formula is C21H24F3N3O3. The van der Waals surface area contributed by atoms with Crippen molar-refractivity contribution in [1.29, 1.82) is 0 Å². The summed E-state index contributed by atoms with van der Waals surface area (Å²) >= 11 is 0. The lowest BCUT2D eigenvalue weighted by molar-refractivity contribution is -0.137. The molecule has 0 bridgehead atoms. The fraction of sp³-hybridized carbons (Fsp3) is 0.524. The lowest BCUT2D eigenvalue weighted by atomic mass is 9.90. The van der Waals surface area contributed by atoms with Gasteiger partial charge in [-0.25, -0.2) is 4.79 Å². The van der Waals surface area contributed by atoms with Crippen LogP contribution in [0.15, 0.2) is 35.7 Å². The number of benzene rings is 1. The van der Waals surface area contributed by atoms with Crippen LogP contribution in [0.3, 0.4) is 0 Å². The third kappa shape index (κ3) is 4.55. The molecule has 4 rings (SSSR count). The van der Waals surface area contributed by atoms with Crippen molar-refractivity contribution in [3.05, 3.63) is 46.8 Å². The summed E-state index contributed by atoms with van der Waals surface area (Å²) in [4.78, 5) is 27.9. The van der Waals surface area contributed by atoms with Crippen molar-refractivity contribution in [3.63, 3.8) is 0 Å². The average Bonchev–Trinajstić information content (AvgIpc) is 2.73. The quantitative estimate of drug-likeness (QED) is 0.795. The van der Waals surface area contributed by atoms with E-state index in [1.54, 1.807) is 17.0 Å². The maximum absolute atomic E-state index is 12.9. The highest BCUT2D eigenvalue weighted by Crippen LogP contribution is 2.30. The Morgan fingerprint density at radius 1 is 1.10 bits per heavy atom. The SMILES string of the molecule is O=C1COC2=C(CN(C(=O)N3CCC(Cc4ccc(C(F)(F)F)cc4)CC3)CC2)N1. The molecule has 0 atom stereocenters. The molecule has 3 amide bonds. The Morgan fingerprint density at radius 3 is 2.47 bits per heavy atom. The summed E-state index contributed by atoms with van der Waals surface area (Å²) in [6.07, 6.45) is -1.39. The van der Waals surface area contributed by atoms with E-state index in [4.69, 9.17) is 4.74 Å². The molecule has 3 aliphatic rings. The van der Waals surface area contributed by atoms with Crippen LogP contribution in [0.4, 0.5) is 18.0 Å². The minimum Gasteiger partial charge on any atom is -0.486 e. The first kappa shape index (κ1) is 20.6. The van der Waals surface area contributed by atoms with E-state index in [9.17, 15) is 22.8 Å². The van der Waals surface area contributed by atoms with E-state index < -0.39 is 11.7 Å². The van der Waals surface area contributed by atoms with E-state index in [1.807, 2.05) is 4.90 Å². The average molecular weight is 423 g/mol. The Morgan fingerprint density at radius 2 is 1.80 bits per heavy atom. The summed E-state index contributed by atoms with van der Waals surface area (Å²) in [5.41, 5.74) is 0.922. The van der Waals surface area contributed by atoms with Crippen LogP contribution in [0, 0.1) is 5.92 Å². The summed E-state index contributed by atoms with van der Waals surface area (Å²) < 4.78 is 43.5. The van der Waals surface area contributed by atoms with Gasteiger partial charge in [-0.2, -0.15) is 13.2 Å². The second-order valence-electron chi connectivity index (χ2n) is 8.02. The minimum atomic E-state index is -4.32. The number of carbonyl (C=O) groups excluding carboxylic acids is 2. The van der Waals surface area contributed by atoms with Gasteiger partial charge in [-0.15, -0.1) is 0 Å². The van der Waals surface area contributed by atoms with Crippen molar-refractivity contribution in [2.24, 2.45) is 5.92 Å². The molecule has 3 heterocycles. The van der Waals surface area contributed by atoms with Gasteiger partial charge in [0.1, 0.15) is 5.76 Å². The Labute approximate surface area is 172 Å². The van der Waals surface area contributed by atoms with E-state index in [-0.39, 0.29) is 18.5 Å². The van der Waals surface area contributed by atoms with Crippen LogP contribution in [0.2, 0.25) is 0 Å². The lowest BCUT2D eigenvalue weighted by Crippen LogP contribution is -2.51. The standard InChI is InChI=1S/C21H24F3N3O3/c22-21(23,24)16-3-1-14(2-4-16)11-15-5-8-26(9-6-15)20(29)27-10-7-18-17(12-27)25-19(28)13-30-18/h1-4,15H,5-13H2,(H,25,28). The molecule has 30 heavy (non-hydrogen) atoms. The number of rotatable bonds is 2. The largest absolute Gasteiger partial charge is 0.486 e. The topological polar surface area (TPSA) is 61.9 Å². The van der Waals surface area contributed by atoms with Crippen molar-refractivity contribution in [1.82, 2.24) is 15.1 Å². The predicted molar refractivity (Wildman–Crippen MR) is 102 cm³/mol. The molecule has 0 aromatic heterocycles. The number of amides is 3. The van der Waals surface area contributed by atoms with E-state index >= 15 is 0 Å². The van der Waals surface area contributed by atoms with Gasteiger partial charge in [-0.3, -0.25) is 4.79 Å². The molecule has 0 spiro atoms. The predicted octanol–water partition coefficient (Wildman–Crippen LogP) is 3.14. The number of hydrogen-bond acceptors (Lipinski definition) is 3. The highest BCUT2D eigenvalue weighted by Gasteiger charge is 2.32. The van der Waals surface area contributed by atoms with Crippen LogP contribution in [0.5, 0.6) is 0 Å². The minimum absolute atomic E-state index is 0.0270. The first-order valence-corrected chi connectivity index (χ1v) is 10.1. The highest BCUT2D eigenvalue weighted by atomic mass is 19.4. The van der Waals surface area contributed by atoms with E-state index in [0.717, 1.165) is 36.3 Å². The zero-order valence-corrected chi connectivity index (χ0v) is 16.5. The molecule has 1 aromatic rings. The number of halogens is 3. The summed E-state index contributed by atoms with van der Waals surface area (Å²) in [6.45, 7) is 2.16. The molecule has 0 radical (unpaired) electrons. The number of ether oxygens (including phenoxy) is 1. The number of piperidine rings is 1. The number of nitrogens with one attached hydrogen (secondary N) is 1. The van der Waals surface area contributed by atoms with Crippen molar-refractivity contribution < 1.29 is 27.5 Å². The molecule has 1 N–H and O–H groups in total. The molecule has 3 aliphatic heterocycles. The normalized spacial score (nSPS) is 20.6. The highest BCUT2D eigenvalue weighted by molar-refractivity contribution is 5.81. The van der Waals surface area contributed by atoms with Crippen LogP contribution < -0.4 is 5.32 Å². The number of urea groups is 1. The van der Waals surface area contributed by atoms with Gasteiger partial charge >= 0.3 is 12.2 Å². The molecule has 0 aliphatic carbocycles. The van der Waals surface area contributed by atoms with Crippen LogP contribution in [-0.2, 0) is 22.1 Å². The fourth-order valence-corrected chi connectivity index (χ4v) is 4.23. The van der Waals surface area contributed by atoms with Crippen LogP contribution >= 0.6 is 0 Å². The van der Waals surface area contributed by atoms with Crippen molar-refractivity contribution in [2.45, 2.75) is 31.9 Å². The third-order valence-electron chi connectivity index (χ3n) is 5.92. The molecule has 6 nitrogen and oxygen atoms in total. The van der Waals surface area contributed by atoms with Gasteiger partial charge in [-0.1, -0.05) is 12.1 Å². The molecule has 0 unspecified atom stereocenters. The molecule has 0 saturated carbocycles. The summed E-state index contributed by atoms with van der Waals surface area (Å²) in [5, 5.41) is 2.79. The second-order valence-corrected chi connectivity index (χ2v) is 8.02. The van der Waals surface area contributed by atoms with Crippen LogP contribution in [0.25, 0.3) is 0 Å². The van der Waals surface area contributed by atoms with Gasteiger partial charge in [0.05, 0.1) is 17.8 Å².